The number of hydrogen-bond acceptors (Lipinski definition) is 5. The number of allylic oxidation sites excluding steroid dienone is 1. The first-order valence-corrected chi connectivity index (χ1v) is 8.03. The summed E-state index contributed by atoms with van der Waals surface area (Å²) < 4.78 is 5.31. The fourth-order valence-corrected chi connectivity index (χ4v) is 2.53. The van der Waals surface area contributed by atoms with E-state index in [9.17, 15) is 19.7 Å². The molecule has 134 valence electrons. The minimum atomic E-state index is -0.710. The summed E-state index contributed by atoms with van der Waals surface area (Å²) in [5, 5.41) is 13.5. The van der Waals surface area contributed by atoms with E-state index in [2.05, 4.69) is 5.32 Å². The normalized spacial score (nSPS) is 17.3. The number of amides is 2. The van der Waals surface area contributed by atoms with Gasteiger partial charge in [-0.15, -0.1) is 0 Å². The molecule has 2 amide bonds. The van der Waals surface area contributed by atoms with Gasteiger partial charge in [-0.05, 0) is 31.0 Å². The number of hydrogen-bond donors (Lipinski definition) is 1. The number of esters is 1. The summed E-state index contributed by atoms with van der Waals surface area (Å²) in [4.78, 5) is 36.3. The van der Waals surface area contributed by atoms with Crippen LogP contribution < -0.4 is 5.32 Å². The Morgan fingerprint density at radius 3 is 2.56 bits per heavy atom. The maximum atomic E-state index is 12.5. The zero-order valence-corrected chi connectivity index (χ0v) is 14.4. The Hall–Kier alpha value is -2.90. The summed E-state index contributed by atoms with van der Waals surface area (Å²) in [7, 11) is 1.57. The van der Waals surface area contributed by atoms with Gasteiger partial charge in [0.25, 0.3) is 5.69 Å². The number of urea groups is 1. The number of nitro benzene ring substituents is 1. The molecule has 1 N–H and O–H groups in total. The third kappa shape index (κ3) is 3.96. The highest BCUT2D eigenvalue weighted by Crippen LogP contribution is 2.31. The van der Waals surface area contributed by atoms with Crippen molar-refractivity contribution < 1.29 is 19.2 Å². The van der Waals surface area contributed by atoms with Gasteiger partial charge in [-0.25, -0.2) is 9.59 Å². The summed E-state index contributed by atoms with van der Waals surface area (Å²) in [6.07, 6.45) is 1.65. The predicted molar refractivity (Wildman–Crippen MR) is 90.7 cm³/mol. The SMILES string of the molecule is CCCCOC(=O)C1=C(C)N(C)C(=O)NC1c1ccc([N+](=O)[O-])cc1. The monoisotopic (exact) mass is 347 g/mol. The van der Waals surface area contributed by atoms with Gasteiger partial charge in [0.2, 0.25) is 0 Å². The highest BCUT2D eigenvalue weighted by Gasteiger charge is 2.35. The highest BCUT2D eigenvalue weighted by atomic mass is 16.6. The van der Waals surface area contributed by atoms with Gasteiger partial charge < -0.3 is 15.0 Å². The van der Waals surface area contributed by atoms with Crippen LogP contribution in [0.4, 0.5) is 10.5 Å². The number of carbonyl (C=O) groups excluding carboxylic acids is 2. The van der Waals surface area contributed by atoms with Gasteiger partial charge in [-0.2, -0.15) is 0 Å². The Balaban J connectivity index is 2.37. The molecule has 2 rings (SSSR count). The molecule has 0 radical (unpaired) electrons. The lowest BCUT2D eigenvalue weighted by molar-refractivity contribution is -0.384. The smallest absolute Gasteiger partial charge is 0.338 e. The molecule has 0 saturated carbocycles. The van der Waals surface area contributed by atoms with Crippen molar-refractivity contribution in [3.63, 3.8) is 0 Å². The number of benzene rings is 1. The first-order valence-electron chi connectivity index (χ1n) is 8.03. The number of rotatable bonds is 6. The van der Waals surface area contributed by atoms with Gasteiger partial charge in [-0.1, -0.05) is 13.3 Å². The van der Waals surface area contributed by atoms with Crippen molar-refractivity contribution in [1.82, 2.24) is 10.2 Å². The van der Waals surface area contributed by atoms with E-state index in [-0.39, 0.29) is 11.7 Å². The molecule has 1 heterocycles. The molecule has 1 unspecified atom stereocenters. The summed E-state index contributed by atoms with van der Waals surface area (Å²) in [5.41, 5.74) is 1.34. The molecule has 1 aromatic carbocycles. The molecule has 0 saturated heterocycles. The quantitative estimate of drug-likeness (QED) is 0.369. The van der Waals surface area contributed by atoms with Crippen molar-refractivity contribution in [2.45, 2.75) is 32.7 Å². The summed E-state index contributed by atoms with van der Waals surface area (Å²) in [5.74, 6) is -0.499. The standard InChI is InChI=1S/C17H21N3O5/c1-4-5-10-25-16(21)14-11(2)19(3)17(22)18-15(14)12-6-8-13(9-7-12)20(23)24/h6-9,15H,4-5,10H2,1-3H3,(H,18,22). The van der Waals surface area contributed by atoms with Crippen LogP contribution in [0.5, 0.6) is 0 Å². The molecule has 0 aliphatic carbocycles. The fourth-order valence-electron chi connectivity index (χ4n) is 2.53. The summed E-state index contributed by atoms with van der Waals surface area (Å²) in [6, 6.07) is 4.68. The van der Waals surface area contributed by atoms with Crippen LogP contribution in [0.25, 0.3) is 0 Å². The average molecular weight is 347 g/mol. The van der Waals surface area contributed by atoms with Gasteiger partial charge in [0.15, 0.2) is 0 Å². The van der Waals surface area contributed by atoms with Crippen molar-refractivity contribution in [2.24, 2.45) is 0 Å². The largest absolute Gasteiger partial charge is 0.462 e. The van der Waals surface area contributed by atoms with E-state index in [0.29, 0.717) is 23.4 Å². The second kappa shape index (κ2) is 7.78. The number of nitrogens with zero attached hydrogens (tertiary/aromatic N) is 2. The summed E-state index contributed by atoms with van der Waals surface area (Å²) in [6.45, 7) is 3.97. The van der Waals surface area contributed by atoms with Crippen LogP contribution in [0.15, 0.2) is 35.5 Å². The number of ether oxygens (including phenoxy) is 1. The number of carbonyl (C=O) groups is 2. The molecule has 1 aromatic rings. The molecule has 1 aliphatic heterocycles. The molecule has 1 atom stereocenters. The van der Waals surface area contributed by atoms with E-state index in [4.69, 9.17) is 4.74 Å². The first kappa shape index (κ1) is 18.4. The maximum Gasteiger partial charge on any atom is 0.338 e. The molecule has 0 fully saturated rings. The van der Waals surface area contributed by atoms with E-state index in [1.54, 1.807) is 14.0 Å². The second-order valence-electron chi connectivity index (χ2n) is 5.78. The predicted octanol–water partition coefficient (Wildman–Crippen LogP) is 2.91. The molecule has 25 heavy (non-hydrogen) atoms. The van der Waals surface area contributed by atoms with Crippen LogP contribution in [-0.2, 0) is 9.53 Å². The second-order valence-corrected chi connectivity index (χ2v) is 5.78. The molecule has 1 aliphatic rings. The van der Waals surface area contributed by atoms with Crippen LogP contribution >= 0.6 is 0 Å². The topological polar surface area (TPSA) is 102 Å². The van der Waals surface area contributed by atoms with Crippen LogP contribution in [-0.4, -0.2) is 35.5 Å². The van der Waals surface area contributed by atoms with Crippen molar-refractivity contribution in [1.29, 1.82) is 0 Å². The molecule has 0 bridgehead atoms. The highest BCUT2D eigenvalue weighted by molar-refractivity contribution is 5.95. The van der Waals surface area contributed by atoms with Crippen molar-refractivity contribution in [3.05, 3.63) is 51.2 Å². The Kier molecular flexibility index (Phi) is 5.74. The van der Waals surface area contributed by atoms with Crippen molar-refractivity contribution in [2.75, 3.05) is 13.7 Å². The lowest BCUT2D eigenvalue weighted by atomic mass is 9.95. The van der Waals surface area contributed by atoms with Gasteiger partial charge in [0.05, 0.1) is 23.1 Å². The minimum Gasteiger partial charge on any atom is -0.462 e. The maximum absolute atomic E-state index is 12.5. The lowest BCUT2D eigenvalue weighted by Crippen LogP contribution is -2.46. The van der Waals surface area contributed by atoms with Gasteiger partial charge in [-0.3, -0.25) is 10.1 Å². The van der Waals surface area contributed by atoms with Gasteiger partial charge in [0, 0.05) is 24.9 Å². The zero-order valence-electron chi connectivity index (χ0n) is 14.4. The number of non-ortho nitro benzene ring substituents is 1. The number of nitrogens with one attached hydrogen (secondary N) is 1. The molecule has 8 nitrogen and oxygen atoms in total. The Morgan fingerprint density at radius 2 is 2.00 bits per heavy atom. The van der Waals surface area contributed by atoms with E-state index < -0.39 is 16.9 Å². The minimum absolute atomic E-state index is 0.0595. The van der Waals surface area contributed by atoms with Crippen LogP contribution in [0.3, 0.4) is 0 Å². The van der Waals surface area contributed by atoms with Crippen molar-refractivity contribution >= 4 is 17.7 Å². The van der Waals surface area contributed by atoms with Crippen molar-refractivity contribution in [3.8, 4) is 0 Å². The Labute approximate surface area is 145 Å². The first-order chi connectivity index (χ1) is 11.9. The van der Waals surface area contributed by atoms with Gasteiger partial charge in [0.1, 0.15) is 0 Å². The fraction of sp³-hybridized carbons (Fsp3) is 0.412. The van der Waals surface area contributed by atoms with E-state index >= 15 is 0 Å². The number of unbranched alkanes of at least 4 members (excludes halogenated alkanes) is 1. The zero-order chi connectivity index (χ0) is 18.6. The third-order valence-electron chi connectivity index (χ3n) is 4.14. The van der Waals surface area contributed by atoms with Crippen LogP contribution in [0.2, 0.25) is 0 Å². The molecular formula is C17H21N3O5. The third-order valence-corrected chi connectivity index (χ3v) is 4.14. The molecule has 0 aromatic heterocycles. The molecular weight excluding hydrogens is 326 g/mol. The van der Waals surface area contributed by atoms with E-state index in [1.165, 1.54) is 29.2 Å². The summed E-state index contributed by atoms with van der Waals surface area (Å²) >= 11 is 0. The average Bonchev–Trinajstić information content (AvgIpc) is 2.59. The van der Waals surface area contributed by atoms with E-state index in [1.807, 2.05) is 6.92 Å². The van der Waals surface area contributed by atoms with Crippen LogP contribution in [0.1, 0.15) is 38.3 Å². The lowest BCUT2D eigenvalue weighted by Gasteiger charge is -2.33. The Bertz CT molecular complexity index is 711. The van der Waals surface area contributed by atoms with Gasteiger partial charge >= 0.3 is 12.0 Å². The van der Waals surface area contributed by atoms with E-state index in [0.717, 1.165) is 12.8 Å². The van der Waals surface area contributed by atoms with Crippen LogP contribution in [0, 0.1) is 10.1 Å². The number of nitro groups is 1. The molecule has 0 spiro atoms. The Morgan fingerprint density at radius 1 is 1.36 bits per heavy atom. The molecule has 8 heteroatoms.